The van der Waals surface area contributed by atoms with Gasteiger partial charge < -0.3 is 15.2 Å². The van der Waals surface area contributed by atoms with E-state index in [9.17, 15) is 5.11 Å². The van der Waals surface area contributed by atoms with E-state index in [1.165, 1.54) is 11.1 Å². The average Bonchev–Trinajstić information content (AvgIpc) is 2.48. The Hall–Kier alpha value is -2.00. The Morgan fingerprint density at radius 2 is 1.85 bits per heavy atom. The third-order valence-corrected chi connectivity index (χ3v) is 3.50. The Balaban J connectivity index is 2.04. The molecule has 1 unspecified atom stereocenters. The van der Waals surface area contributed by atoms with Crippen LogP contribution in [0.25, 0.3) is 0 Å². The summed E-state index contributed by atoms with van der Waals surface area (Å²) in [6.45, 7) is 4.61. The number of anilines is 1. The van der Waals surface area contributed by atoms with Gasteiger partial charge in [-0.15, -0.1) is 0 Å². The van der Waals surface area contributed by atoms with E-state index in [0.29, 0.717) is 12.3 Å². The fourth-order valence-corrected chi connectivity index (χ4v) is 2.12. The Bertz CT molecular complexity index is 581. The molecule has 0 aliphatic carbocycles. The first-order valence-electron chi connectivity index (χ1n) is 6.74. The Morgan fingerprint density at radius 3 is 2.55 bits per heavy atom. The average molecular weight is 271 g/mol. The molecule has 0 fully saturated rings. The number of hydrogen-bond acceptors (Lipinski definition) is 3. The van der Waals surface area contributed by atoms with Gasteiger partial charge in [-0.05, 0) is 43.2 Å². The number of para-hydroxylation sites is 1. The summed E-state index contributed by atoms with van der Waals surface area (Å²) in [5, 5.41) is 13.5. The van der Waals surface area contributed by atoms with Gasteiger partial charge in [0.15, 0.2) is 0 Å². The van der Waals surface area contributed by atoms with E-state index >= 15 is 0 Å². The Kier molecular flexibility index (Phi) is 4.64. The maximum absolute atomic E-state index is 10.3. The molecular weight excluding hydrogens is 250 g/mol. The van der Waals surface area contributed by atoms with Crippen molar-refractivity contribution in [1.29, 1.82) is 0 Å². The monoisotopic (exact) mass is 271 g/mol. The minimum Gasteiger partial charge on any atom is -0.496 e. The highest BCUT2D eigenvalue weighted by Crippen LogP contribution is 2.25. The molecule has 2 rings (SSSR count). The van der Waals surface area contributed by atoms with Crippen LogP contribution in [0.3, 0.4) is 0 Å². The van der Waals surface area contributed by atoms with Gasteiger partial charge in [0.1, 0.15) is 5.75 Å². The highest BCUT2D eigenvalue weighted by molar-refractivity contribution is 5.48. The van der Waals surface area contributed by atoms with Crippen molar-refractivity contribution in [2.75, 3.05) is 19.0 Å². The van der Waals surface area contributed by atoms with Crippen LogP contribution in [0.5, 0.6) is 5.75 Å². The van der Waals surface area contributed by atoms with Gasteiger partial charge in [0.25, 0.3) is 0 Å². The fourth-order valence-electron chi connectivity index (χ4n) is 2.12. The third-order valence-electron chi connectivity index (χ3n) is 3.50. The summed E-state index contributed by atoms with van der Waals surface area (Å²) in [7, 11) is 1.61. The number of aryl methyl sites for hydroxylation is 2. The van der Waals surface area contributed by atoms with Gasteiger partial charge in [-0.1, -0.05) is 24.3 Å². The van der Waals surface area contributed by atoms with Crippen molar-refractivity contribution in [2.45, 2.75) is 20.0 Å². The lowest BCUT2D eigenvalue weighted by molar-refractivity contribution is 0.187. The molecule has 3 nitrogen and oxygen atoms in total. The standard InChI is InChI=1S/C17H21NO2/c1-12-8-9-14(10-13(12)2)18-11-16(19)15-6-4-5-7-17(15)20-3/h4-10,16,18-19H,11H2,1-3H3. The normalized spacial score (nSPS) is 12.0. The SMILES string of the molecule is COc1ccccc1C(O)CNc1ccc(C)c(C)c1. The second-order valence-electron chi connectivity index (χ2n) is 4.94. The van der Waals surface area contributed by atoms with Crippen molar-refractivity contribution in [3.8, 4) is 5.75 Å². The number of ether oxygens (including phenoxy) is 1. The molecule has 0 aliphatic rings. The van der Waals surface area contributed by atoms with Gasteiger partial charge in [-0.3, -0.25) is 0 Å². The number of methoxy groups -OCH3 is 1. The van der Waals surface area contributed by atoms with Crippen LogP contribution in [0.15, 0.2) is 42.5 Å². The second kappa shape index (κ2) is 6.44. The zero-order valence-corrected chi connectivity index (χ0v) is 12.2. The lowest BCUT2D eigenvalue weighted by atomic mass is 10.1. The quantitative estimate of drug-likeness (QED) is 0.875. The molecule has 1 atom stereocenters. The predicted molar refractivity (Wildman–Crippen MR) is 82.4 cm³/mol. The van der Waals surface area contributed by atoms with E-state index in [0.717, 1.165) is 11.3 Å². The third kappa shape index (κ3) is 3.31. The number of nitrogens with one attached hydrogen (secondary N) is 1. The highest BCUT2D eigenvalue weighted by atomic mass is 16.5. The largest absolute Gasteiger partial charge is 0.496 e. The van der Waals surface area contributed by atoms with Gasteiger partial charge in [0.05, 0.1) is 13.2 Å². The molecular formula is C17H21NO2. The van der Waals surface area contributed by atoms with Crippen LogP contribution in [0.4, 0.5) is 5.69 Å². The molecule has 0 saturated heterocycles. The van der Waals surface area contributed by atoms with Crippen molar-refractivity contribution in [2.24, 2.45) is 0 Å². The molecule has 0 amide bonds. The zero-order valence-electron chi connectivity index (χ0n) is 12.2. The van der Waals surface area contributed by atoms with Crippen molar-refractivity contribution in [1.82, 2.24) is 0 Å². The van der Waals surface area contributed by atoms with Crippen LogP contribution in [-0.2, 0) is 0 Å². The maximum atomic E-state index is 10.3. The van der Waals surface area contributed by atoms with Crippen LogP contribution in [-0.4, -0.2) is 18.8 Å². The molecule has 2 aromatic carbocycles. The van der Waals surface area contributed by atoms with E-state index < -0.39 is 6.10 Å². The van der Waals surface area contributed by atoms with Crippen molar-refractivity contribution in [3.05, 3.63) is 59.2 Å². The van der Waals surface area contributed by atoms with Crippen LogP contribution in [0, 0.1) is 13.8 Å². The number of aliphatic hydroxyl groups is 1. The maximum Gasteiger partial charge on any atom is 0.124 e. The van der Waals surface area contributed by atoms with Crippen LogP contribution < -0.4 is 10.1 Å². The van der Waals surface area contributed by atoms with Crippen LogP contribution >= 0.6 is 0 Å². The van der Waals surface area contributed by atoms with Crippen LogP contribution in [0.2, 0.25) is 0 Å². The number of aliphatic hydroxyl groups excluding tert-OH is 1. The van der Waals surface area contributed by atoms with E-state index in [1.807, 2.05) is 30.3 Å². The molecule has 2 N–H and O–H groups in total. The summed E-state index contributed by atoms with van der Waals surface area (Å²) in [6, 6.07) is 13.7. The molecule has 0 radical (unpaired) electrons. The van der Waals surface area contributed by atoms with E-state index in [2.05, 4.69) is 31.3 Å². The van der Waals surface area contributed by atoms with E-state index in [1.54, 1.807) is 7.11 Å². The Morgan fingerprint density at radius 1 is 1.10 bits per heavy atom. The molecule has 0 bridgehead atoms. The minimum atomic E-state index is -0.604. The van der Waals surface area contributed by atoms with Gasteiger partial charge >= 0.3 is 0 Å². The topological polar surface area (TPSA) is 41.5 Å². The summed E-state index contributed by atoms with van der Waals surface area (Å²) in [5.41, 5.74) is 4.32. The van der Waals surface area contributed by atoms with Gasteiger partial charge in [-0.25, -0.2) is 0 Å². The first-order valence-corrected chi connectivity index (χ1v) is 6.74. The molecule has 0 aromatic heterocycles. The lowest BCUT2D eigenvalue weighted by Crippen LogP contribution is -2.13. The predicted octanol–water partition coefficient (Wildman–Crippen LogP) is 3.46. The molecule has 3 heteroatoms. The molecule has 0 aliphatic heterocycles. The summed E-state index contributed by atoms with van der Waals surface area (Å²) >= 11 is 0. The molecule has 20 heavy (non-hydrogen) atoms. The van der Waals surface area contributed by atoms with Gasteiger partial charge in [0.2, 0.25) is 0 Å². The summed E-state index contributed by atoms with van der Waals surface area (Å²) < 4.78 is 5.27. The van der Waals surface area contributed by atoms with Crippen molar-refractivity contribution in [3.63, 3.8) is 0 Å². The lowest BCUT2D eigenvalue weighted by Gasteiger charge is -2.16. The molecule has 106 valence electrons. The van der Waals surface area contributed by atoms with Crippen LogP contribution in [0.1, 0.15) is 22.8 Å². The van der Waals surface area contributed by atoms with E-state index in [4.69, 9.17) is 4.74 Å². The van der Waals surface area contributed by atoms with Crippen molar-refractivity contribution < 1.29 is 9.84 Å². The van der Waals surface area contributed by atoms with E-state index in [-0.39, 0.29) is 0 Å². The molecule has 2 aromatic rings. The number of rotatable bonds is 5. The molecule has 0 spiro atoms. The number of benzene rings is 2. The second-order valence-corrected chi connectivity index (χ2v) is 4.94. The zero-order chi connectivity index (χ0) is 14.5. The fraction of sp³-hybridized carbons (Fsp3) is 0.294. The van der Waals surface area contributed by atoms with Gasteiger partial charge in [0, 0.05) is 17.8 Å². The summed E-state index contributed by atoms with van der Waals surface area (Å²) in [4.78, 5) is 0. The number of hydrogen-bond donors (Lipinski definition) is 2. The first kappa shape index (κ1) is 14.4. The first-order chi connectivity index (χ1) is 9.61. The van der Waals surface area contributed by atoms with Gasteiger partial charge in [-0.2, -0.15) is 0 Å². The molecule has 0 saturated carbocycles. The molecule has 0 heterocycles. The highest BCUT2D eigenvalue weighted by Gasteiger charge is 2.12. The van der Waals surface area contributed by atoms with Crippen molar-refractivity contribution >= 4 is 5.69 Å². The summed E-state index contributed by atoms with van der Waals surface area (Å²) in [5.74, 6) is 0.710. The smallest absolute Gasteiger partial charge is 0.124 e. The minimum absolute atomic E-state index is 0.447. The summed E-state index contributed by atoms with van der Waals surface area (Å²) in [6.07, 6.45) is -0.604. The Labute approximate surface area is 120 Å².